The molecule has 1 aromatic heterocycles. The molecule has 0 spiro atoms. The van der Waals surface area contributed by atoms with Crippen LogP contribution in [0.1, 0.15) is 6.42 Å². The zero-order valence-electron chi connectivity index (χ0n) is 12.5. The molecule has 2 amide bonds. The number of aliphatic hydroxyl groups is 1. The molecule has 3 rings (SSSR count). The highest BCUT2D eigenvalue weighted by Crippen LogP contribution is 2.17. The predicted octanol–water partition coefficient (Wildman–Crippen LogP) is 1.05. The van der Waals surface area contributed by atoms with E-state index in [2.05, 4.69) is 15.6 Å². The van der Waals surface area contributed by atoms with Crippen molar-refractivity contribution in [1.82, 2.24) is 10.3 Å². The van der Waals surface area contributed by atoms with Gasteiger partial charge in [0, 0.05) is 36.3 Å². The van der Waals surface area contributed by atoms with Crippen molar-refractivity contribution in [2.75, 3.05) is 25.1 Å². The molecule has 0 bridgehead atoms. The summed E-state index contributed by atoms with van der Waals surface area (Å²) < 4.78 is 5.21. The largest absolute Gasteiger partial charge is 0.391 e. The number of carbonyl (C=O) groups is 1. The molecule has 2 aromatic rings. The molecule has 1 aliphatic rings. The summed E-state index contributed by atoms with van der Waals surface area (Å²) >= 11 is 0. The van der Waals surface area contributed by atoms with E-state index in [1.165, 1.54) is 0 Å². The lowest BCUT2D eigenvalue weighted by Gasteiger charge is -2.17. The quantitative estimate of drug-likeness (QED) is 0.676. The van der Waals surface area contributed by atoms with E-state index in [0.717, 1.165) is 11.8 Å². The van der Waals surface area contributed by atoms with Gasteiger partial charge in [-0.25, -0.2) is 4.79 Å². The van der Waals surface area contributed by atoms with Crippen molar-refractivity contribution in [1.29, 1.82) is 0 Å². The van der Waals surface area contributed by atoms with Crippen LogP contribution in [-0.2, 0) is 4.74 Å². The van der Waals surface area contributed by atoms with Gasteiger partial charge in [0.15, 0.2) is 0 Å². The molecule has 2 atom stereocenters. The van der Waals surface area contributed by atoms with Gasteiger partial charge in [-0.3, -0.25) is 4.79 Å². The molecule has 1 aliphatic heterocycles. The highest BCUT2D eigenvalue weighted by atomic mass is 16.5. The standard InChI is InChI=1S/C16H19N3O4/c20-14(11-4-6-23-9-11)8-18-16(22)19-12-2-1-10-3-5-17-15(21)13(10)7-12/h1-3,5,7,11,14,20H,4,6,8-9H2,(H,17,21)(H2,18,19,22). The number of H-pyrrole nitrogens is 1. The first-order chi connectivity index (χ1) is 11.1. The van der Waals surface area contributed by atoms with E-state index < -0.39 is 12.1 Å². The minimum absolute atomic E-state index is 0.0644. The number of aromatic nitrogens is 1. The van der Waals surface area contributed by atoms with Crippen LogP contribution in [0.2, 0.25) is 0 Å². The second-order valence-corrected chi connectivity index (χ2v) is 5.63. The van der Waals surface area contributed by atoms with Gasteiger partial charge in [-0.15, -0.1) is 0 Å². The fraction of sp³-hybridized carbons (Fsp3) is 0.375. The summed E-state index contributed by atoms with van der Waals surface area (Å²) in [5.41, 5.74) is 0.314. The number of ether oxygens (including phenoxy) is 1. The predicted molar refractivity (Wildman–Crippen MR) is 86.5 cm³/mol. The molecule has 7 nitrogen and oxygen atoms in total. The number of rotatable bonds is 4. The van der Waals surface area contributed by atoms with Gasteiger partial charge in [0.2, 0.25) is 0 Å². The lowest BCUT2D eigenvalue weighted by Crippen LogP contribution is -2.38. The number of pyridine rings is 1. The topological polar surface area (TPSA) is 103 Å². The fourth-order valence-electron chi connectivity index (χ4n) is 2.66. The molecule has 1 saturated heterocycles. The first-order valence-corrected chi connectivity index (χ1v) is 7.55. The van der Waals surface area contributed by atoms with Crippen molar-refractivity contribution < 1.29 is 14.6 Å². The van der Waals surface area contributed by atoms with Crippen LogP contribution < -0.4 is 16.2 Å². The monoisotopic (exact) mass is 317 g/mol. The zero-order valence-corrected chi connectivity index (χ0v) is 12.5. The number of aromatic amines is 1. The first kappa shape index (κ1) is 15.5. The van der Waals surface area contributed by atoms with Gasteiger partial charge in [-0.1, -0.05) is 6.07 Å². The molecule has 0 saturated carbocycles. The number of amides is 2. The smallest absolute Gasteiger partial charge is 0.319 e. The summed E-state index contributed by atoms with van der Waals surface area (Å²) in [7, 11) is 0. The Balaban J connectivity index is 1.59. The van der Waals surface area contributed by atoms with Crippen LogP contribution in [0.5, 0.6) is 0 Å². The minimum Gasteiger partial charge on any atom is -0.391 e. The third-order valence-electron chi connectivity index (χ3n) is 4.01. The van der Waals surface area contributed by atoms with Gasteiger partial charge in [0.1, 0.15) is 0 Å². The lowest BCUT2D eigenvalue weighted by molar-refractivity contribution is 0.0928. The Labute approximate surface area is 132 Å². The number of nitrogens with one attached hydrogen (secondary N) is 3. The van der Waals surface area contributed by atoms with Crippen molar-refractivity contribution in [2.45, 2.75) is 12.5 Å². The second-order valence-electron chi connectivity index (χ2n) is 5.63. The number of hydrogen-bond acceptors (Lipinski definition) is 4. The third kappa shape index (κ3) is 3.69. The van der Waals surface area contributed by atoms with Crippen LogP contribution in [0.4, 0.5) is 10.5 Å². The van der Waals surface area contributed by atoms with Crippen LogP contribution in [0.25, 0.3) is 10.8 Å². The molecule has 0 radical (unpaired) electrons. The number of benzene rings is 1. The van der Waals surface area contributed by atoms with Crippen molar-refractivity contribution in [3.63, 3.8) is 0 Å². The van der Waals surface area contributed by atoms with Crippen molar-refractivity contribution in [2.24, 2.45) is 5.92 Å². The average molecular weight is 317 g/mol. The SMILES string of the molecule is O=C(NCC(O)C1CCOC1)Nc1ccc2cc[nH]c(=O)c2c1. The normalized spacial score (nSPS) is 18.7. The molecule has 1 fully saturated rings. The van der Waals surface area contributed by atoms with Crippen molar-refractivity contribution in [3.8, 4) is 0 Å². The second kappa shape index (κ2) is 6.80. The zero-order chi connectivity index (χ0) is 16.2. The number of carbonyl (C=O) groups excluding carboxylic acids is 1. The Kier molecular flexibility index (Phi) is 4.59. The molecule has 2 heterocycles. The molecular formula is C16H19N3O4. The summed E-state index contributed by atoms with van der Waals surface area (Å²) in [4.78, 5) is 26.2. The van der Waals surface area contributed by atoms with E-state index in [0.29, 0.717) is 24.3 Å². The molecule has 2 unspecified atom stereocenters. The Morgan fingerprint density at radius 2 is 2.30 bits per heavy atom. The van der Waals surface area contributed by atoms with Gasteiger partial charge >= 0.3 is 6.03 Å². The Morgan fingerprint density at radius 1 is 1.43 bits per heavy atom. The van der Waals surface area contributed by atoms with Crippen LogP contribution in [0.15, 0.2) is 35.3 Å². The summed E-state index contributed by atoms with van der Waals surface area (Å²) in [5, 5.41) is 16.6. The first-order valence-electron chi connectivity index (χ1n) is 7.55. The van der Waals surface area contributed by atoms with Gasteiger partial charge in [-0.2, -0.15) is 0 Å². The molecule has 23 heavy (non-hydrogen) atoms. The molecule has 0 aliphatic carbocycles. The van der Waals surface area contributed by atoms with Crippen LogP contribution in [-0.4, -0.2) is 42.0 Å². The Bertz CT molecular complexity index is 752. The maximum Gasteiger partial charge on any atom is 0.319 e. The minimum atomic E-state index is -0.623. The summed E-state index contributed by atoms with van der Waals surface area (Å²) in [6.07, 6.45) is 1.76. The van der Waals surface area contributed by atoms with E-state index in [4.69, 9.17) is 4.74 Å². The molecular weight excluding hydrogens is 298 g/mol. The molecule has 7 heteroatoms. The third-order valence-corrected chi connectivity index (χ3v) is 4.01. The van der Waals surface area contributed by atoms with E-state index >= 15 is 0 Å². The maximum atomic E-state index is 11.9. The number of hydrogen-bond donors (Lipinski definition) is 4. The molecule has 4 N–H and O–H groups in total. The Hall–Kier alpha value is -2.38. The highest BCUT2D eigenvalue weighted by molar-refractivity contribution is 5.93. The number of anilines is 1. The summed E-state index contributed by atoms with van der Waals surface area (Å²) in [5.74, 6) is 0.0644. The van der Waals surface area contributed by atoms with E-state index in [9.17, 15) is 14.7 Å². The average Bonchev–Trinajstić information content (AvgIpc) is 3.08. The van der Waals surface area contributed by atoms with Crippen LogP contribution in [0, 0.1) is 5.92 Å². The van der Waals surface area contributed by atoms with Gasteiger partial charge in [0.25, 0.3) is 5.56 Å². The van der Waals surface area contributed by atoms with Gasteiger partial charge in [-0.05, 0) is 30.0 Å². The fourth-order valence-corrected chi connectivity index (χ4v) is 2.66. The van der Waals surface area contributed by atoms with E-state index in [1.54, 1.807) is 30.5 Å². The maximum absolute atomic E-state index is 11.9. The highest BCUT2D eigenvalue weighted by Gasteiger charge is 2.24. The number of urea groups is 1. The molecule has 1 aromatic carbocycles. The molecule has 122 valence electrons. The van der Waals surface area contributed by atoms with Gasteiger partial charge < -0.3 is 25.5 Å². The Morgan fingerprint density at radius 3 is 3.09 bits per heavy atom. The lowest BCUT2D eigenvalue weighted by atomic mass is 10.0. The van der Waals surface area contributed by atoms with Crippen molar-refractivity contribution >= 4 is 22.5 Å². The van der Waals surface area contributed by atoms with E-state index in [1.807, 2.05) is 0 Å². The summed E-state index contributed by atoms with van der Waals surface area (Å²) in [6.45, 7) is 1.34. The van der Waals surface area contributed by atoms with Crippen molar-refractivity contribution in [3.05, 3.63) is 40.8 Å². The summed E-state index contributed by atoms with van der Waals surface area (Å²) in [6, 6.07) is 6.48. The van der Waals surface area contributed by atoms with Crippen LogP contribution in [0.3, 0.4) is 0 Å². The number of aliphatic hydroxyl groups excluding tert-OH is 1. The number of fused-ring (bicyclic) bond motifs is 1. The van der Waals surface area contributed by atoms with E-state index in [-0.39, 0.29) is 18.0 Å². The van der Waals surface area contributed by atoms with Gasteiger partial charge in [0.05, 0.1) is 12.7 Å². The van der Waals surface area contributed by atoms with Crippen LogP contribution >= 0.6 is 0 Å².